The molecule has 0 unspecified atom stereocenters. The number of aromatic hydroxyl groups is 1. The fraction of sp³-hybridized carbons (Fsp3) is 0.182. The first-order chi connectivity index (χ1) is 13.4. The van der Waals surface area contributed by atoms with Crippen molar-refractivity contribution in [3.05, 3.63) is 70.8 Å². The van der Waals surface area contributed by atoms with Gasteiger partial charge in [0.25, 0.3) is 5.91 Å². The van der Waals surface area contributed by atoms with Crippen LogP contribution in [0, 0.1) is 13.8 Å². The summed E-state index contributed by atoms with van der Waals surface area (Å²) >= 11 is 5.30. The van der Waals surface area contributed by atoms with Gasteiger partial charge in [-0.1, -0.05) is 37.3 Å². The van der Waals surface area contributed by atoms with E-state index in [1.54, 1.807) is 12.1 Å². The van der Waals surface area contributed by atoms with Crippen LogP contribution in [0.5, 0.6) is 5.75 Å². The molecule has 0 spiro atoms. The lowest BCUT2D eigenvalue weighted by molar-refractivity contribution is 0.0941. The van der Waals surface area contributed by atoms with E-state index in [1.165, 1.54) is 5.56 Å². The van der Waals surface area contributed by atoms with E-state index >= 15 is 0 Å². The second-order valence-corrected chi connectivity index (χ2v) is 7.07. The first-order valence-corrected chi connectivity index (χ1v) is 9.49. The van der Waals surface area contributed by atoms with Gasteiger partial charge in [0.1, 0.15) is 5.75 Å². The summed E-state index contributed by atoms with van der Waals surface area (Å²) < 4.78 is 0. The highest BCUT2D eigenvalue weighted by Gasteiger charge is 2.14. The zero-order valence-electron chi connectivity index (χ0n) is 16.1. The van der Waals surface area contributed by atoms with E-state index in [-0.39, 0.29) is 16.4 Å². The molecule has 28 heavy (non-hydrogen) atoms. The van der Waals surface area contributed by atoms with Gasteiger partial charge >= 0.3 is 0 Å². The average molecular weight is 394 g/mol. The fourth-order valence-electron chi connectivity index (χ4n) is 3.19. The van der Waals surface area contributed by atoms with Crippen molar-refractivity contribution in [1.82, 2.24) is 10.9 Å². The molecule has 0 radical (unpaired) electrons. The second-order valence-electron chi connectivity index (χ2n) is 6.66. The predicted molar refractivity (Wildman–Crippen MR) is 118 cm³/mol. The Kier molecular flexibility index (Phi) is 5.80. The molecule has 3 aromatic carbocycles. The van der Waals surface area contributed by atoms with E-state index in [4.69, 9.17) is 12.2 Å². The van der Waals surface area contributed by atoms with Crippen LogP contribution in [0.4, 0.5) is 5.69 Å². The van der Waals surface area contributed by atoms with Gasteiger partial charge in [0.15, 0.2) is 5.11 Å². The summed E-state index contributed by atoms with van der Waals surface area (Å²) in [6, 6.07) is 15.3. The van der Waals surface area contributed by atoms with E-state index in [0.717, 1.165) is 34.0 Å². The molecule has 0 aromatic heterocycles. The number of amides is 1. The Hall–Kier alpha value is -3.12. The van der Waals surface area contributed by atoms with Crippen LogP contribution in [0.25, 0.3) is 10.8 Å². The lowest BCUT2D eigenvalue weighted by atomic mass is 10.0. The van der Waals surface area contributed by atoms with Crippen molar-refractivity contribution < 1.29 is 9.90 Å². The molecule has 0 atom stereocenters. The van der Waals surface area contributed by atoms with Crippen molar-refractivity contribution >= 4 is 39.7 Å². The van der Waals surface area contributed by atoms with Gasteiger partial charge < -0.3 is 10.4 Å². The van der Waals surface area contributed by atoms with Gasteiger partial charge in [0.2, 0.25) is 0 Å². The SMILES string of the molecule is CCc1cc(C(=O)NNC(=S)Nc2ccc(C)c3ccccc23)c(O)cc1C. The standard InChI is InChI=1S/C22H23N3O2S/c1-4-15-12-18(20(26)11-14(15)3)21(27)24-25-22(28)23-19-10-9-13(2)16-7-5-6-8-17(16)19/h5-12,26H,4H2,1-3H3,(H,24,27)(H2,23,25,28). The quantitative estimate of drug-likeness (QED) is 0.393. The second kappa shape index (κ2) is 8.27. The maximum absolute atomic E-state index is 12.4. The minimum absolute atomic E-state index is 0.0580. The molecule has 0 fully saturated rings. The van der Waals surface area contributed by atoms with Crippen molar-refractivity contribution in [3.63, 3.8) is 0 Å². The fourth-order valence-corrected chi connectivity index (χ4v) is 3.35. The van der Waals surface area contributed by atoms with Crippen molar-refractivity contribution in [2.24, 2.45) is 0 Å². The first kappa shape index (κ1) is 19.6. The van der Waals surface area contributed by atoms with Gasteiger partial charge in [-0.3, -0.25) is 15.6 Å². The number of aryl methyl sites for hydroxylation is 3. The summed E-state index contributed by atoms with van der Waals surface area (Å²) in [5.74, 6) is -0.512. The molecule has 0 aliphatic rings. The number of carbonyl (C=O) groups is 1. The molecule has 3 aromatic rings. The van der Waals surface area contributed by atoms with Crippen molar-refractivity contribution in [3.8, 4) is 5.75 Å². The van der Waals surface area contributed by atoms with E-state index in [2.05, 4.69) is 29.2 Å². The van der Waals surface area contributed by atoms with Crippen LogP contribution in [-0.4, -0.2) is 16.1 Å². The highest BCUT2D eigenvalue weighted by atomic mass is 32.1. The Labute approximate surface area is 169 Å². The summed E-state index contributed by atoms with van der Waals surface area (Å²) in [5, 5.41) is 15.6. The molecule has 0 aliphatic carbocycles. The third-order valence-corrected chi connectivity index (χ3v) is 4.96. The molecule has 144 valence electrons. The van der Waals surface area contributed by atoms with Gasteiger partial charge in [-0.25, -0.2) is 0 Å². The lowest BCUT2D eigenvalue weighted by Gasteiger charge is -2.15. The highest BCUT2D eigenvalue weighted by molar-refractivity contribution is 7.80. The maximum Gasteiger partial charge on any atom is 0.273 e. The largest absolute Gasteiger partial charge is 0.507 e. The molecule has 0 saturated carbocycles. The van der Waals surface area contributed by atoms with Crippen molar-refractivity contribution in [2.75, 3.05) is 5.32 Å². The number of thiocarbonyl (C=S) groups is 1. The zero-order valence-corrected chi connectivity index (χ0v) is 16.9. The van der Waals surface area contributed by atoms with Crippen LogP contribution in [0.1, 0.15) is 34.0 Å². The normalized spacial score (nSPS) is 10.5. The number of hydrazine groups is 1. The smallest absolute Gasteiger partial charge is 0.273 e. The third kappa shape index (κ3) is 4.07. The molecule has 3 rings (SSSR count). The molecular weight excluding hydrogens is 370 g/mol. The van der Waals surface area contributed by atoms with Crippen LogP contribution < -0.4 is 16.2 Å². The molecule has 4 N–H and O–H groups in total. The molecule has 6 heteroatoms. The van der Waals surface area contributed by atoms with Crippen LogP contribution in [0.15, 0.2) is 48.5 Å². The predicted octanol–water partition coefficient (Wildman–Crippen LogP) is 4.36. The Morgan fingerprint density at radius 2 is 1.71 bits per heavy atom. The Balaban J connectivity index is 1.70. The van der Waals surface area contributed by atoms with Crippen molar-refractivity contribution in [1.29, 1.82) is 0 Å². The summed E-state index contributed by atoms with van der Waals surface area (Å²) in [6.07, 6.45) is 0.778. The number of benzene rings is 3. The number of phenolic OH excluding ortho intramolecular Hbond substituents is 1. The molecule has 1 amide bonds. The number of nitrogens with one attached hydrogen (secondary N) is 3. The monoisotopic (exact) mass is 393 g/mol. The molecule has 5 nitrogen and oxygen atoms in total. The van der Waals surface area contributed by atoms with Crippen LogP contribution >= 0.6 is 12.2 Å². The van der Waals surface area contributed by atoms with Gasteiger partial charge in [-0.2, -0.15) is 0 Å². The van der Waals surface area contributed by atoms with E-state index in [9.17, 15) is 9.90 Å². The number of phenols is 1. The Morgan fingerprint density at radius 3 is 2.43 bits per heavy atom. The number of rotatable bonds is 3. The van der Waals surface area contributed by atoms with Crippen LogP contribution in [-0.2, 0) is 6.42 Å². The summed E-state index contributed by atoms with van der Waals surface area (Å²) in [7, 11) is 0. The molecule has 0 aliphatic heterocycles. The zero-order chi connectivity index (χ0) is 20.3. The third-order valence-electron chi connectivity index (χ3n) is 4.76. The topological polar surface area (TPSA) is 73.4 Å². The van der Waals surface area contributed by atoms with Gasteiger partial charge in [-0.05, 0) is 72.8 Å². The van der Waals surface area contributed by atoms with Gasteiger partial charge in [-0.15, -0.1) is 0 Å². The minimum Gasteiger partial charge on any atom is -0.507 e. The van der Waals surface area contributed by atoms with E-state index in [0.29, 0.717) is 0 Å². The number of anilines is 1. The Morgan fingerprint density at radius 1 is 1.00 bits per heavy atom. The maximum atomic E-state index is 12.4. The highest BCUT2D eigenvalue weighted by Crippen LogP contribution is 2.26. The number of hydrogen-bond acceptors (Lipinski definition) is 3. The van der Waals surface area contributed by atoms with E-state index in [1.807, 2.05) is 44.2 Å². The van der Waals surface area contributed by atoms with Crippen molar-refractivity contribution in [2.45, 2.75) is 27.2 Å². The van der Waals surface area contributed by atoms with Gasteiger partial charge in [0.05, 0.1) is 5.56 Å². The first-order valence-electron chi connectivity index (χ1n) is 9.09. The summed E-state index contributed by atoms with van der Waals surface area (Å²) in [6.45, 7) is 5.97. The average Bonchev–Trinajstić information content (AvgIpc) is 2.68. The summed E-state index contributed by atoms with van der Waals surface area (Å²) in [4.78, 5) is 12.4. The Bertz CT molecular complexity index is 1060. The molecule has 0 heterocycles. The number of carbonyl (C=O) groups excluding carboxylic acids is 1. The van der Waals surface area contributed by atoms with Crippen LogP contribution in [0.3, 0.4) is 0 Å². The number of fused-ring (bicyclic) bond motifs is 1. The minimum atomic E-state index is -0.454. The molecule has 0 bridgehead atoms. The van der Waals surface area contributed by atoms with Crippen LogP contribution in [0.2, 0.25) is 0 Å². The number of hydrogen-bond donors (Lipinski definition) is 4. The van der Waals surface area contributed by atoms with E-state index < -0.39 is 5.91 Å². The summed E-state index contributed by atoms with van der Waals surface area (Å²) in [5.41, 5.74) is 9.43. The molecular formula is C22H23N3O2S. The molecule has 0 saturated heterocycles. The van der Waals surface area contributed by atoms with Gasteiger partial charge in [0, 0.05) is 11.1 Å². The lowest BCUT2D eigenvalue weighted by Crippen LogP contribution is -2.43.